The highest BCUT2D eigenvalue weighted by atomic mass is 16.5. The molecular formula is C25H34N2O3. The lowest BCUT2D eigenvalue weighted by Gasteiger charge is -2.29. The molecule has 162 valence electrons. The van der Waals surface area contributed by atoms with Crippen LogP contribution < -0.4 is 10.1 Å². The molecule has 0 aliphatic carbocycles. The number of nitrogens with zero attached hydrogens (tertiary/aromatic N) is 1. The van der Waals surface area contributed by atoms with Gasteiger partial charge in [0.15, 0.2) is 0 Å². The molecule has 5 nitrogen and oxygen atoms in total. The highest BCUT2D eigenvalue weighted by molar-refractivity contribution is 5.87. The third kappa shape index (κ3) is 6.90. The van der Waals surface area contributed by atoms with Gasteiger partial charge in [-0.2, -0.15) is 0 Å². The van der Waals surface area contributed by atoms with Crippen LogP contribution in [-0.2, 0) is 29.0 Å². The lowest BCUT2D eigenvalue weighted by Crippen LogP contribution is -2.47. The Hall–Kier alpha value is -2.82. The van der Waals surface area contributed by atoms with Crippen LogP contribution in [0.3, 0.4) is 0 Å². The van der Waals surface area contributed by atoms with E-state index >= 15 is 0 Å². The smallest absolute Gasteiger partial charge is 0.242 e. The van der Waals surface area contributed by atoms with Crippen molar-refractivity contribution in [3.8, 4) is 5.75 Å². The van der Waals surface area contributed by atoms with Gasteiger partial charge in [-0.15, -0.1) is 0 Å². The Morgan fingerprint density at radius 1 is 0.967 bits per heavy atom. The summed E-state index contributed by atoms with van der Waals surface area (Å²) in [5, 5.41) is 2.91. The fourth-order valence-corrected chi connectivity index (χ4v) is 3.24. The number of rotatable bonds is 11. The summed E-state index contributed by atoms with van der Waals surface area (Å²) in [5.41, 5.74) is 3.38. The Balaban J connectivity index is 2.10. The minimum absolute atomic E-state index is 0.0236. The zero-order chi connectivity index (χ0) is 21.9. The lowest BCUT2D eigenvalue weighted by molar-refractivity contribution is -0.140. The van der Waals surface area contributed by atoms with Gasteiger partial charge < -0.3 is 15.0 Å². The van der Waals surface area contributed by atoms with Gasteiger partial charge in [0.1, 0.15) is 11.8 Å². The third-order valence-electron chi connectivity index (χ3n) is 5.29. The molecule has 0 spiro atoms. The molecule has 1 N–H and O–H groups in total. The van der Waals surface area contributed by atoms with Gasteiger partial charge in [-0.1, -0.05) is 50.2 Å². The molecule has 2 rings (SSSR count). The van der Waals surface area contributed by atoms with Crippen LogP contribution in [0, 0.1) is 0 Å². The molecule has 2 amide bonds. The van der Waals surface area contributed by atoms with Crippen LogP contribution in [-0.4, -0.2) is 36.4 Å². The van der Waals surface area contributed by atoms with E-state index in [0.717, 1.165) is 29.7 Å². The molecule has 0 radical (unpaired) electrons. The van der Waals surface area contributed by atoms with E-state index in [1.54, 1.807) is 18.9 Å². The first kappa shape index (κ1) is 23.5. The zero-order valence-electron chi connectivity index (χ0n) is 18.6. The number of amides is 2. The number of aryl methyl sites for hydroxylation is 2. The molecule has 5 heteroatoms. The normalized spacial score (nSPS) is 11.6. The van der Waals surface area contributed by atoms with Crippen molar-refractivity contribution >= 4 is 11.8 Å². The van der Waals surface area contributed by atoms with E-state index in [1.165, 1.54) is 5.56 Å². The predicted molar refractivity (Wildman–Crippen MR) is 120 cm³/mol. The quantitative estimate of drug-likeness (QED) is 0.606. The Morgan fingerprint density at radius 2 is 1.57 bits per heavy atom. The van der Waals surface area contributed by atoms with Crippen LogP contribution >= 0.6 is 0 Å². The minimum Gasteiger partial charge on any atom is -0.497 e. The number of ether oxygens (including phenoxy) is 1. The van der Waals surface area contributed by atoms with E-state index < -0.39 is 6.04 Å². The van der Waals surface area contributed by atoms with Gasteiger partial charge in [0.25, 0.3) is 0 Å². The highest BCUT2D eigenvalue weighted by Gasteiger charge is 2.25. The summed E-state index contributed by atoms with van der Waals surface area (Å²) in [6.45, 7) is 6.92. The van der Waals surface area contributed by atoms with Crippen LogP contribution in [0.1, 0.15) is 50.3 Å². The van der Waals surface area contributed by atoms with E-state index in [1.807, 2.05) is 31.2 Å². The van der Waals surface area contributed by atoms with Crippen molar-refractivity contribution in [1.82, 2.24) is 10.2 Å². The summed E-state index contributed by atoms with van der Waals surface area (Å²) in [6, 6.07) is 15.4. The minimum atomic E-state index is -0.534. The largest absolute Gasteiger partial charge is 0.497 e. The summed E-state index contributed by atoms with van der Waals surface area (Å²) in [6.07, 6.45) is 2.89. The van der Waals surface area contributed by atoms with Gasteiger partial charge >= 0.3 is 0 Å². The first-order chi connectivity index (χ1) is 14.5. The van der Waals surface area contributed by atoms with Gasteiger partial charge in [-0.25, -0.2) is 0 Å². The summed E-state index contributed by atoms with van der Waals surface area (Å²) in [4.78, 5) is 27.3. The molecule has 0 unspecified atom stereocenters. The van der Waals surface area contributed by atoms with Gasteiger partial charge in [0, 0.05) is 19.5 Å². The number of carbonyl (C=O) groups is 2. The summed E-state index contributed by atoms with van der Waals surface area (Å²) >= 11 is 0. The molecular weight excluding hydrogens is 376 g/mol. The Labute approximate surface area is 180 Å². The molecule has 0 aromatic heterocycles. The van der Waals surface area contributed by atoms with Gasteiger partial charge in [0.05, 0.1) is 7.11 Å². The molecule has 2 aromatic rings. The van der Waals surface area contributed by atoms with Crippen LogP contribution in [0.4, 0.5) is 0 Å². The molecule has 0 aliphatic rings. The highest BCUT2D eigenvalue weighted by Crippen LogP contribution is 2.16. The van der Waals surface area contributed by atoms with E-state index in [4.69, 9.17) is 4.74 Å². The molecule has 0 fully saturated rings. The van der Waals surface area contributed by atoms with E-state index in [2.05, 4.69) is 36.5 Å². The van der Waals surface area contributed by atoms with Crippen molar-refractivity contribution in [3.05, 3.63) is 65.2 Å². The second-order valence-corrected chi connectivity index (χ2v) is 7.51. The maximum Gasteiger partial charge on any atom is 0.242 e. The van der Waals surface area contributed by atoms with Crippen LogP contribution in [0.15, 0.2) is 48.5 Å². The summed E-state index contributed by atoms with van der Waals surface area (Å²) in [7, 11) is 1.62. The number of methoxy groups -OCH3 is 1. The van der Waals surface area contributed by atoms with E-state index in [-0.39, 0.29) is 11.8 Å². The van der Waals surface area contributed by atoms with Crippen molar-refractivity contribution in [2.24, 2.45) is 0 Å². The first-order valence-corrected chi connectivity index (χ1v) is 10.8. The number of nitrogens with one attached hydrogen (secondary N) is 1. The molecule has 0 bridgehead atoms. The second-order valence-electron chi connectivity index (χ2n) is 7.51. The predicted octanol–water partition coefficient (Wildman–Crippen LogP) is 4.13. The molecule has 30 heavy (non-hydrogen) atoms. The van der Waals surface area contributed by atoms with Crippen molar-refractivity contribution in [2.45, 2.75) is 59.0 Å². The van der Waals surface area contributed by atoms with Crippen LogP contribution in [0.25, 0.3) is 0 Å². The fraction of sp³-hybridized carbons (Fsp3) is 0.440. The average molecular weight is 411 g/mol. The average Bonchev–Trinajstić information content (AvgIpc) is 2.79. The van der Waals surface area contributed by atoms with Gasteiger partial charge in [-0.3, -0.25) is 9.59 Å². The van der Waals surface area contributed by atoms with Crippen LogP contribution in [0.2, 0.25) is 0 Å². The topological polar surface area (TPSA) is 58.6 Å². The van der Waals surface area contributed by atoms with Crippen molar-refractivity contribution in [1.29, 1.82) is 0 Å². The third-order valence-corrected chi connectivity index (χ3v) is 5.29. The Morgan fingerprint density at radius 3 is 2.13 bits per heavy atom. The summed E-state index contributed by atoms with van der Waals surface area (Å²) < 4.78 is 5.21. The first-order valence-electron chi connectivity index (χ1n) is 10.8. The molecule has 2 aromatic carbocycles. The summed E-state index contributed by atoms with van der Waals surface area (Å²) in [5.74, 6) is 0.622. The molecule has 0 aliphatic heterocycles. The SMILES string of the molecule is CCCNC(=O)[C@H](C)N(Cc1ccc(OC)cc1)C(=O)CCc1ccc(CC)cc1. The van der Waals surface area contributed by atoms with Gasteiger partial charge in [-0.05, 0) is 55.0 Å². The van der Waals surface area contributed by atoms with Crippen LogP contribution in [0.5, 0.6) is 5.75 Å². The second kappa shape index (κ2) is 12.0. The Kier molecular flexibility index (Phi) is 9.39. The number of carbonyl (C=O) groups excluding carboxylic acids is 2. The fourth-order valence-electron chi connectivity index (χ4n) is 3.24. The maximum absolute atomic E-state index is 13.1. The number of benzene rings is 2. The molecule has 0 saturated carbocycles. The van der Waals surface area contributed by atoms with E-state index in [0.29, 0.717) is 25.9 Å². The molecule has 1 atom stereocenters. The van der Waals surface area contributed by atoms with E-state index in [9.17, 15) is 9.59 Å². The van der Waals surface area contributed by atoms with Crippen molar-refractivity contribution in [2.75, 3.05) is 13.7 Å². The Bertz CT molecular complexity index is 800. The number of hydrogen-bond donors (Lipinski definition) is 1. The van der Waals surface area contributed by atoms with Gasteiger partial charge in [0.2, 0.25) is 11.8 Å². The van der Waals surface area contributed by atoms with Crippen molar-refractivity contribution in [3.63, 3.8) is 0 Å². The lowest BCUT2D eigenvalue weighted by atomic mass is 10.0. The number of hydrogen-bond acceptors (Lipinski definition) is 3. The zero-order valence-corrected chi connectivity index (χ0v) is 18.6. The standard InChI is InChI=1S/C25H34N2O3/c1-5-17-26-25(29)19(3)27(18-22-11-14-23(30-4)15-12-22)24(28)16-13-21-9-7-20(6-2)8-10-21/h7-12,14-15,19H,5-6,13,16-18H2,1-4H3,(H,26,29)/t19-/m0/s1. The maximum atomic E-state index is 13.1. The molecule has 0 heterocycles. The van der Waals surface area contributed by atoms with Crippen molar-refractivity contribution < 1.29 is 14.3 Å². The molecule has 0 saturated heterocycles. The monoisotopic (exact) mass is 410 g/mol.